The van der Waals surface area contributed by atoms with Gasteiger partial charge in [0.15, 0.2) is 0 Å². The predicted molar refractivity (Wildman–Crippen MR) is 72.0 cm³/mol. The van der Waals surface area contributed by atoms with Crippen molar-refractivity contribution in [2.45, 2.75) is 53.1 Å². The molecule has 0 spiro atoms. The van der Waals surface area contributed by atoms with Crippen LogP contribution in [0.1, 0.15) is 57.6 Å². The maximum Gasteiger partial charge on any atom is 0.140 e. The van der Waals surface area contributed by atoms with Crippen LogP contribution in [0.4, 0.5) is 0 Å². The van der Waals surface area contributed by atoms with Crippen LogP contribution in [-0.2, 0) is 11.4 Å². The Morgan fingerprint density at radius 3 is 2.41 bits per heavy atom. The molecule has 0 bridgehead atoms. The Bertz CT molecular complexity index is 331. The van der Waals surface area contributed by atoms with Crippen LogP contribution in [0.2, 0.25) is 0 Å². The normalized spacial score (nSPS) is 11.4. The lowest BCUT2D eigenvalue weighted by Crippen LogP contribution is -2.10. The molecule has 2 nitrogen and oxygen atoms in total. The Kier molecular flexibility index (Phi) is 8.34. The van der Waals surface area contributed by atoms with E-state index >= 15 is 0 Å². The fourth-order valence-electron chi connectivity index (χ4n) is 1.80. The molecule has 1 aromatic carbocycles. The van der Waals surface area contributed by atoms with Gasteiger partial charge in [-0.05, 0) is 17.5 Å². The van der Waals surface area contributed by atoms with Crippen LogP contribution in [0.3, 0.4) is 0 Å². The first kappa shape index (κ1) is 15.9. The van der Waals surface area contributed by atoms with Crippen LogP contribution in [-0.4, -0.2) is 10.9 Å². The Morgan fingerprint density at radius 2 is 1.94 bits per heavy atom. The number of aliphatic hydroxyl groups excluding tert-OH is 1. The summed E-state index contributed by atoms with van der Waals surface area (Å²) in [6.07, 6.45) is 1.39. The molecule has 0 aliphatic carbocycles. The molecule has 17 heavy (non-hydrogen) atoms. The summed E-state index contributed by atoms with van der Waals surface area (Å²) in [7, 11) is 0. The molecule has 1 unspecified atom stereocenters. The lowest BCUT2D eigenvalue weighted by Gasteiger charge is -2.13. The molecule has 0 aliphatic rings. The van der Waals surface area contributed by atoms with Gasteiger partial charge in [-0.25, -0.2) is 0 Å². The monoisotopic (exact) mass is 236 g/mol. The lowest BCUT2D eigenvalue weighted by atomic mass is 9.90. The minimum Gasteiger partial charge on any atom is -0.392 e. The average Bonchev–Trinajstić information content (AvgIpc) is 2.42. The van der Waals surface area contributed by atoms with Crippen LogP contribution < -0.4 is 0 Å². The molecular formula is C15H24O2. The van der Waals surface area contributed by atoms with Gasteiger partial charge in [0.25, 0.3) is 0 Å². The van der Waals surface area contributed by atoms with Gasteiger partial charge in [-0.2, -0.15) is 0 Å². The molecule has 2 heteroatoms. The minimum atomic E-state index is -0.0125. The summed E-state index contributed by atoms with van der Waals surface area (Å²) < 4.78 is 0. The molecule has 1 rings (SSSR count). The van der Waals surface area contributed by atoms with Gasteiger partial charge in [0.05, 0.1) is 6.61 Å². The van der Waals surface area contributed by atoms with Crippen molar-refractivity contribution in [3.8, 4) is 0 Å². The van der Waals surface area contributed by atoms with E-state index in [9.17, 15) is 4.79 Å². The fourth-order valence-corrected chi connectivity index (χ4v) is 1.80. The highest BCUT2D eigenvalue weighted by molar-refractivity contribution is 5.85. The van der Waals surface area contributed by atoms with Crippen LogP contribution in [0.5, 0.6) is 0 Å². The summed E-state index contributed by atoms with van der Waals surface area (Å²) >= 11 is 0. The third-order valence-corrected chi connectivity index (χ3v) is 2.68. The molecule has 1 N–H and O–H groups in total. The summed E-state index contributed by atoms with van der Waals surface area (Å²) in [5, 5.41) is 9.03. The van der Waals surface area contributed by atoms with E-state index in [4.69, 9.17) is 5.11 Å². The zero-order valence-electron chi connectivity index (χ0n) is 11.4. The number of benzene rings is 1. The van der Waals surface area contributed by atoms with Gasteiger partial charge in [-0.3, -0.25) is 4.79 Å². The molecule has 0 saturated heterocycles. The van der Waals surface area contributed by atoms with E-state index < -0.39 is 0 Å². The Hall–Kier alpha value is -1.15. The van der Waals surface area contributed by atoms with Gasteiger partial charge < -0.3 is 5.11 Å². The smallest absolute Gasteiger partial charge is 0.140 e. The second-order valence-electron chi connectivity index (χ2n) is 3.68. The summed E-state index contributed by atoms with van der Waals surface area (Å²) in [6.45, 7) is 7.94. The van der Waals surface area contributed by atoms with Gasteiger partial charge in [-0.1, -0.05) is 52.0 Å². The highest BCUT2D eigenvalue weighted by Crippen LogP contribution is 2.22. The Morgan fingerprint density at radius 1 is 1.29 bits per heavy atom. The lowest BCUT2D eigenvalue weighted by molar-refractivity contribution is -0.120. The highest BCUT2D eigenvalue weighted by atomic mass is 16.3. The molecule has 96 valence electrons. The number of carbonyl (C=O) groups excluding carboxylic acids is 1. The maximum atomic E-state index is 11.7. The fraction of sp³-hybridized carbons (Fsp3) is 0.533. The third kappa shape index (κ3) is 4.70. The first-order valence-corrected chi connectivity index (χ1v) is 6.45. The number of rotatable bonds is 5. The average molecular weight is 236 g/mol. The summed E-state index contributed by atoms with van der Waals surface area (Å²) in [4.78, 5) is 11.7. The SMILES string of the molecule is CC.CCC(=O)C(CC)c1cccc(CO)c1. The van der Waals surface area contributed by atoms with Crippen molar-refractivity contribution in [1.82, 2.24) is 0 Å². The topological polar surface area (TPSA) is 37.3 Å². The Balaban J connectivity index is 0.00000121. The number of ketones is 1. The van der Waals surface area contributed by atoms with E-state index in [-0.39, 0.29) is 18.3 Å². The second kappa shape index (κ2) is 8.94. The first-order chi connectivity index (χ1) is 8.22. The van der Waals surface area contributed by atoms with E-state index in [1.54, 1.807) is 0 Å². The standard InChI is InChI=1S/C13H18O2.C2H6/c1-3-12(13(15)4-2)11-7-5-6-10(8-11)9-14;1-2/h5-8,12,14H,3-4,9H2,1-2H3;1-2H3. The van der Waals surface area contributed by atoms with E-state index in [2.05, 4.69) is 0 Å². The molecule has 0 radical (unpaired) electrons. The molecule has 0 aliphatic heterocycles. The molecule has 0 fully saturated rings. The predicted octanol–water partition coefficient (Wildman–Crippen LogP) is 3.68. The highest BCUT2D eigenvalue weighted by Gasteiger charge is 2.16. The number of aliphatic hydroxyl groups is 1. The molecule has 0 saturated carbocycles. The van der Waals surface area contributed by atoms with Crippen molar-refractivity contribution < 1.29 is 9.90 Å². The van der Waals surface area contributed by atoms with E-state index in [1.165, 1.54) is 0 Å². The molecule has 0 aromatic heterocycles. The summed E-state index contributed by atoms with van der Waals surface area (Å²) in [6, 6.07) is 7.64. The quantitative estimate of drug-likeness (QED) is 0.846. The minimum absolute atomic E-state index is 0.0125. The molecule has 0 amide bonds. The Labute approximate surface area is 105 Å². The molecule has 1 aromatic rings. The number of hydrogen-bond acceptors (Lipinski definition) is 2. The van der Waals surface area contributed by atoms with E-state index in [0.717, 1.165) is 17.5 Å². The van der Waals surface area contributed by atoms with Gasteiger partial charge in [-0.15, -0.1) is 0 Å². The van der Waals surface area contributed by atoms with Crippen molar-refractivity contribution in [2.24, 2.45) is 0 Å². The van der Waals surface area contributed by atoms with Crippen LogP contribution >= 0.6 is 0 Å². The van der Waals surface area contributed by atoms with Crippen molar-refractivity contribution in [2.75, 3.05) is 0 Å². The van der Waals surface area contributed by atoms with Crippen molar-refractivity contribution >= 4 is 5.78 Å². The molecule has 1 atom stereocenters. The number of Topliss-reactive ketones (excluding diaryl/α,β-unsaturated/α-hetero) is 1. The van der Waals surface area contributed by atoms with Crippen LogP contribution in [0.15, 0.2) is 24.3 Å². The molecular weight excluding hydrogens is 212 g/mol. The van der Waals surface area contributed by atoms with Gasteiger partial charge in [0.2, 0.25) is 0 Å². The van der Waals surface area contributed by atoms with Gasteiger partial charge in [0.1, 0.15) is 5.78 Å². The largest absolute Gasteiger partial charge is 0.392 e. The van der Waals surface area contributed by atoms with Crippen molar-refractivity contribution in [3.63, 3.8) is 0 Å². The number of carbonyl (C=O) groups is 1. The van der Waals surface area contributed by atoms with Crippen molar-refractivity contribution in [1.29, 1.82) is 0 Å². The number of hydrogen-bond donors (Lipinski definition) is 1. The van der Waals surface area contributed by atoms with Crippen molar-refractivity contribution in [3.05, 3.63) is 35.4 Å². The van der Waals surface area contributed by atoms with Crippen LogP contribution in [0, 0.1) is 0 Å². The third-order valence-electron chi connectivity index (χ3n) is 2.68. The second-order valence-corrected chi connectivity index (χ2v) is 3.68. The van der Waals surface area contributed by atoms with E-state index in [1.807, 2.05) is 52.0 Å². The van der Waals surface area contributed by atoms with E-state index in [0.29, 0.717) is 6.42 Å². The molecule has 0 heterocycles. The zero-order chi connectivity index (χ0) is 13.3. The summed E-state index contributed by atoms with van der Waals surface area (Å²) in [5.41, 5.74) is 1.89. The zero-order valence-corrected chi connectivity index (χ0v) is 11.4. The maximum absolute atomic E-state index is 11.7. The van der Waals surface area contributed by atoms with Crippen LogP contribution in [0.25, 0.3) is 0 Å². The first-order valence-electron chi connectivity index (χ1n) is 6.45. The summed E-state index contributed by atoms with van der Waals surface area (Å²) in [5.74, 6) is 0.258. The van der Waals surface area contributed by atoms with Gasteiger partial charge >= 0.3 is 0 Å². The van der Waals surface area contributed by atoms with Gasteiger partial charge in [0, 0.05) is 12.3 Å².